The molecule has 0 atom stereocenters. The summed E-state index contributed by atoms with van der Waals surface area (Å²) < 4.78 is 13.8. The molecule has 0 saturated heterocycles. The second-order valence-corrected chi connectivity index (χ2v) is 5.01. The van der Waals surface area contributed by atoms with Crippen LogP contribution in [0, 0.1) is 12.7 Å². The van der Waals surface area contributed by atoms with E-state index in [1.165, 1.54) is 29.9 Å². The zero-order chi connectivity index (χ0) is 12.7. The van der Waals surface area contributed by atoms with E-state index in [0.717, 1.165) is 9.84 Å². The van der Waals surface area contributed by atoms with E-state index in [1.807, 2.05) is 6.92 Å². The third kappa shape index (κ3) is 1.62. The van der Waals surface area contributed by atoms with Crippen molar-refractivity contribution in [3.8, 4) is 11.1 Å². The summed E-state index contributed by atoms with van der Waals surface area (Å²) in [6, 6.07) is 1.59. The van der Waals surface area contributed by atoms with Gasteiger partial charge in [0.2, 0.25) is 0 Å². The summed E-state index contributed by atoms with van der Waals surface area (Å²) in [5, 5.41) is 0.874. The molecule has 0 radical (unpaired) electrons. The van der Waals surface area contributed by atoms with Crippen LogP contribution in [-0.4, -0.2) is 15.0 Å². The van der Waals surface area contributed by atoms with Gasteiger partial charge in [-0.05, 0) is 13.0 Å². The zero-order valence-electron chi connectivity index (χ0n) is 9.51. The highest BCUT2D eigenvalue weighted by Gasteiger charge is 2.15. The molecular weight excluding hydrogens is 251 g/mol. The molecule has 3 heterocycles. The van der Waals surface area contributed by atoms with Crippen molar-refractivity contribution >= 4 is 27.4 Å². The van der Waals surface area contributed by atoms with Gasteiger partial charge in [0.05, 0.1) is 23.1 Å². The highest BCUT2D eigenvalue weighted by Crippen LogP contribution is 2.35. The summed E-state index contributed by atoms with van der Waals surface area (Å²) in [4.78, 5) is 13.1. The predicted molar refractivity (Wildman–Crippen MR) is 69.8 cm³/mol. The number of fused-ring (bicyclic) bond motifs is 1. The summed E-state index contributed by atoms with van der Waals surface area (Å²) in [7, 11) is 0. The number of halogens is 1. The fraction of sp³-hybridized carbons (Fsp3) is 0.0833. The van der Waals surface area contributed by atoms with Crippen LogP contribution in [0.3, 0.4) is 0 Å². The first-order valence-electron chi connectivity index (χ1n) is 5.28. The van der Waals surface area contributed by atoms with Gasteiger partial charge in [0.15, 0.2) is 0 Å². The molecule has 0 fully saturated rings. The number of aryl methyl sites for hydroxylation is 1. The molecule has 0 saturated carbocycles. The Labute approximate surface area is 106 Å². The molecule has 90 valence electrons. The number of hydrogen-bond donors (Lipinski definition) is 1. The molecule has 2 N–H and O–H groups in total. The molecule has 3 aromatic heterocycles. The lowest BCUT2D eigenvalue weighted by atomic mass is 10.1. The second-order valence-electron chi connectivity index (χ2n) is 3.83. The Hall–Kier alpha value is -2.08. The van der Waals surface area contributed by atoms with Crippen LogP contribution in [0.1, 0.15) is 5.01 Å². The first-order valence-corrected chi connectivity index (χ1v) is 6.10. The van der Waals surface area contributed by atoms with E-state index >= 15 is 0 Å². The van der Waals surface area contributed by atoms with Gasteiger partial charge in [0.1, 0.15) is 16.2 Å². The van der Waals surface area contributed by atoms with Gasteiger partial charge in [0.25, 0.3) is 0 Å². The lowest BCUT2D eigenvalue weighted by molar-refractivity contribution is 0.625. The predicted octanol–water partition coefficient (Wildman–Crippen LogP) is 2.78. The van der Waals surface area contributed by atoms with Crippen molar-refractivity contribution in [3.05, 3.63) is 35.5 Å². The van der Waals surface area contributed by atoms with Gasteiger partial charge in [-0.1, -0.05) is 11.3 Å². The van der Waals surface area contributed by atoms with Crippen LogP contribution in [0.5, 0.6) is 0 Å². The third-order valence-corrected chi connectivity index (χ3v) is 3.48. The molecule has 18 heavy (non-hydrogen) atoms. The van der Waals surface area contributed by atoms with Gasteiger partial charge in [-0.2, -0.15) is 0 Å². The van der Waals surface area contributed by atoms with Crippen molar-refractivity contribution < 1.29 is 4.39 Å². The van der Waals surface area contributed by atoms with Crippen molar-refractivity contribution in [1.82, 2.24) is 15.0 Å². The van der Waals surface area contributed by atoms with Crippen LogP contribution < -0.4 is 5.73 Å². The number of rotatable bonds is 1. The van der Waals surface area contributed by atoms with Gasteiger partial charge in [-0.3, -0.25) is 4.98 Å². The molecule has 0 amide bonds. The van der Waals surface area contributed by atoms with E-state index in [4.69, 9.17) is 5.73 Å². The van der Waals surface area contributed by atoms with Gasteiger partial charge < -0.3 is 5.73 Å². The Morgan fingerprint density at radius 3 is 2.94 bits per heavy atom. The summed E-state index contributed by atoms with van der Waals surface area (Å²) >= 11 is 1.46. The summed E-state index contributed by atoms with van der Waals surface area (Å²) in [6.45, 7) is 1.88. The van der Waals surface area contributed by atoms with Crippen LogP contribution in [0.4, 0.5) is 10.1 Å². The van der Waals surface area contributed by atoms with Gasteiger partial charge >= 0.3 is 0 Å². The number of nitrogens with zero attached hydrogens (tertiary/aromatic N) is 3. The topological polar surface area (TPSA) is 64.7 Å². The molecule has 0 spiro atoms. The summed E-state index contributed by atoms with van der Waals surface area (Å²) in [5.41, 5.74) is 7.96. The molecule has 6 heteroatoms. The van der Waals surface area contributed by atoms with Crippen molar-refractivity contribution in [1.29, 1.82) is 0 Å². The fourth-order valence-corrected chi connectivity index (χ4v) is 2.62. The minimum atomic E-state index is -0.414. The Bertz CT molecular complexity index is 738. The first kappa shape index (κ1) is 11.0. The maximum absolute atomic E-state index is 13.8. The number of nitrogen functional groups attached to an aromatic ring is 1. The minimum Gasteiger partial charge on any atom is -0.397 e. The van der Waals surface area contributed by atoms with E-state index in [9.17, 15) is 4.39 Å². The molecule has 4 nitrogen and oxygen atoms in total. The van der Waals surface area contributed by atoms with E-state index in [0.29, 0.717) is 22.3 Å². The monoisotopic (exact) mass is 260 g/mol. The standard InChI is InChI=1S/C12H9FN4S/c1-6-17-11-10(7-2-3-15-4-8(7)13)9(14)5-16-12(11)18-6/h2-5H,14H2,1H3. The van der Waals surface area contributed by atoms with E-state index in [1.54, 1.807) is 6.07 Å². The average molecular weight is 260 g/mol. The maximum Gasteiger partial charge on any atom is 0.149 e. The van der Waals surface area contributed by atoms with Crippen molar-refractivity contribution in [2.75, 3.05) is 5.73 Å². The van der Waals surface area contributed by atoms with Crippen molar-refractivity contribution in [2.24, 2.45) is 0 Å². The lowest BCUT2D eigenvalue weighted by Gasteiger charge is -2.06. The molecule has 3 rings (SSSR count). The quantitative estimate of drug-likeness (QED) is 0.730. The highest BCUT2D eigenvalue weighted by molar-refractivity contribution is 7.18. The van der Waals surface area contributed by atoms with Crippen LogP contribution in [-0.2, 0) is 0 Å². The zero-order valence-corrected chi connectivity index (χ0v) is 10.3. The van der Waals surface area contributed by atoms with Gasteiger partial charge in [-0.15, -0.1) is 0 Å². The highest BCUT2D eigenvalue weighted by atomic mass is 32.1. The molecule has 3 aromatic rings. The number of aromatic nitrogens is 3. The SMILES string of the molecule is Cc1nc2c(-c3ccncc3F)c(N)cnc2s1. The Morgan fingerprint density at radius 2 is 2.17 bits per heavy atom. The number of thiazole rings is 1. The minimum absolute atomic E-state index is 0.403. The maximum atomic E-state index is 13.8. The van der Waals surface area contributed by atoms with E-state index < -0.39 is 5.82 Å². The van der Waals surface area contributed by atoms with E-state index in [2.05, 4.69) is 15.0 Å². The number of hydrogen-bond acceptors (Lipinski definition) is 5. The molecule has 0 aliphatic carbocycles. The van der Waals surface area contributed by atoms with Gasteiger partial charge in [0, 0.05) is 17.3 Å². The Kier molecular flexibility index (Phi) is 2.45. The molecule has 0 aliphatic heterocycles. The Balaban J connectivity index is 2.41. The lowest BCUT2D eigenvalue weighted by Crippen LogP contribution is -1.95. The summed E-state index contributed by atoms with van der Waals surface area (Å²) in [5.74, 6) is -0.414. The van der Waals surface area contributed by atoms with Crippen molar-refractivity contribution in [2.45, 2.75) is 6.92 Å². The third-order valence-electron chi connectivity index (χ3n) is 2.60. The molecular formula is C12H9FN4S. The smallest absolute Gasteiger partial charge is 0.149 e. The Morgan fingerprint density at radius 1 is 1.33 bits per heavy atom. The molecule has 0 bridgehead atoms. The second kappa shape index (κ2) is 3.99. The normalized spacial score (nSPS) is 11.0. The number of anilines is 1. The molecule has 0 unspecified atom stereocenters. The van der Waals surface area contributed by atoms with Crippen LogP contribution in [0.15, 0.2) is 24.7 Å². The average Bonchev–Trinajstić information content (AvgIpc) is 2.71. The van der Waals surface area contributed by atoms with Crippen molar-refractivity contribution in [3.63, 3.8) is 0 Å². The molecule has 0 aliphatic rings. The van der Waals surface area contributed by atoms with Crippen LogP contribution in [0.2, 0.25) is 0 Å². The fourth-order valence-electron chi connectivity index (χ4n) is 1.86. The number of nitrogens with two attached hydrogens (primary N) is 1. The van der Waals surface area contributed by atoms with Crippen LogP contribution in [0.25, 0.3) is 21.5 Å². The number of pyridine rings is 2. The largest absolute Gasteiger partial charge is 0.397 e. The van der Waals surface area contributed by atoms with Crippen LogP contribution >= 0.6 is 11.3 Å². The van der Waals surface area contributed by atoms with E-state index in [-0.39, 0.29) is 0 Å². The van der Waals surface area contributed by atoms with Gasteiger partial charge in [-0.25, -0.2) is 14.4 Å². The first-order chi connectivity index (χ1) is 8.66. The molecule has 0 aromatic carbocycles. The summed E-state index contributed by atoms with van der Waals surface area (Å²) in [6.07, 6.45) is 4.23.